The van der Waals surface area contributed by atoms with Gasteiger partial charge in [-0.3, -0.25) is 0 Å². The fourth-order valence-electron chi connectivity index (χ4n) is 2.85. The molecule has 4 heteroatoms. The van der Waals surface area contributed by atoms with Gasteiger partial charge in [-0.1, -0.05) is 42.5 Å². The van der Waals surface area contributed by atoms with Crippen molar-refractivity contribution in [3.8, 4) is 5.75 Å². The fraction of sp³-hybridized carbons (Fsp3) is 0.400. The van der Waals surface area contributed by atoms with Crippen molar-refractivity contribution in [3.63, 3.8) is 0 Å². The second-order valence-electron chi connectivity index (χ2n) is 6.16. The minimum absolute atomic E-state index is 0.500. The number of hydrogen-bond acceptors (Lipinski definition) is 4. The summed E-state index contributed by atoms with van der Waals surface area (Å²) in [7, 11) is 0. The van der Waals surface area contributed by atoms with Crippen LogP contribution in [0.1, 0.15) is 30.1 Å². The van der Waals surface area contributed by atoms with Gasteiger partial charge in [0.15, 0.2) is 0 Å². The standard InChI is InChI=1S/C20H25NO2S/c22-20(14-21-18-9-11-24-12-10-18)17-7-4-8-19(13-17)23-15-16-5-2-1-3-6-16/h1-8,13,18,20-22H,9-12,14-15H2/t20-/m1/s1. The smallest absolute Gasteiger partial charge is 0.120 e. The lowest BCUT2D eigenvalue weighted by Gasteiger charge is -2.24. The van der Waals surface area contributed by atoms with Crippen LogP contribution in [0.4, 0.5) is 0 Å². The van der Waals surface area contributed by atoms with Gasteiger partial charge in [-0.15, -0.1) is 0 Å². The fourth-order valence-corrected chi connectivity index (χ4v) is 3.96. The number of ether oxygens (including phenoxy) is 1. The van der Waals surface area contributed by atoms with Crippen molar-refractivity contribution in [1.82, 2.24) is 5.32 Å². The van der Waals surface area contributed by atoms with Crippen molar-refractivity contribution in [2.24, 2.45) is 0 Å². The van der Waals surface area contributed by atoms with Gasteiger partial charge >= 0.3 is 0 Å². The summed E-state index contributed by atoms with van der Waals surface area (Å²) >= 11 is 2.02. The van der Waals surface area contributed by atoms with Crippen LogP contribution in [0.5, 0.6) is 5.75 Å². The lowest BCUT2D eigenvalue weighted by Crippen LogP contribution is -2.35. The molecule has 0 aromatic heterocycles. The molecule has 0 radical (unpaired) electrons. The van der Waals surface area contributed by atoms with Crippen LogP contribution in [0.15, 0.2) is 54.6 Å². The van der Waals surface area contributed by atoms with E-state index in [4.69, 9.17) is 4.74 Å². The molecule has 0 saturated carbocycles. The largest absolute Gasteiger partial charge is 0.489 e. The van der Waals surface area contributed by atoms with Crippen LogP contribution in [0.3, 0.4) is 0 Å². The van der Waals surface area contributed by atoms with E-state index in [1.54, 1.807) is 0 Å². The van der Waals surface area contributed by atoms with Gasteiger partial charge in [0.2, 0.25) is 0 Å². The van der Waals surface area contributed by atoms with Crippen molar-refractivity contribution in [1.29, 1.82) is 0 Å². The van der Waals surface area contributed by atoms with E-state index in [1.807, 2.05) is 66.4 Å². The number of aliphatic hydroxyl groups is 1. The van der Waals surface area contributed by atoms with Crippen LogP contribution in [0.2, 0.25) is 0 Å². The minimum atomic E-state index is -0.500. The van der Waals surface area contributed by atoms with Gasteiger partial charge in [0.25, 0.3) is 0 Å². The van der Waals surface area contributed by atoms with Crippen molar-refractivity contribution in [2.75, 3.05) is 18.1 Å². The van der Waals surface area contributed by atoms with Crippen LogP contribution >= 0.6 is 11.8 Å². The number of rotatable bonds is 7. The van der Waals surface area contributed by atoms with Crippen LogP contribution in [0.25, 0.3) is 0 Å². The van der Waals surface area contributed by atoms with Crippen LogP contribution in [0, 0.1) is 0 Å². The molecule has 1 saturated heterocycles. The SMILES string of the molecule is O[C@H](CNC1CCSCC1)c1cccc(OCc2ccccc2)c1. The summed E-state index contributed by atoms with van der Waals surface area (Å²) in [4.78, 5) is 0. The maximum atomic E-state index is 10.4. The Hall–Kier alpha value is -1.49. The zero-order valence-electron chi connectivity index (χ0n) is 13.9. The third-order valence-corrected chi connectivity index (χ3v) is 5.36. The van der Waals surface area contributed by atoms with Gasteiger partial charge in [-0.25, -0.2) is 0 Å². The van der Waals surface area contributed by atoms with Crippen LogP contribution in [-0.4, -0.2) is 29.2 Å². The quantitative estimate of drug-likeness (QED) is 0.803. The molecule has 1 aliphatic heterocycles. The molecule has 3 rings (SSSR count). The molecule has 0 unspecified atom stereocenters. The molecule has 1 atom stereocenters. The molecule has 1 fully saturated rings. The Bertz CT molecular complexity index is 614. The molecule has 0 aliphatic carbocycles. The average Bonchev–Trinajstić information content (AvgIpc) is 2.66. The lowest BCUT2D eigenvalue weighted by molar-refractivity contribution is 0.168. The molecular formula is C20H25NO2S. The Kier molecular flexibility index (Phi) is 6.58. The molecule has 2 N–H and O–H groups in total. The first-order chi connectivity index (χ1) is 11.8. The van der Waals surface area contributed by atoms with E-state index in [-0.39, 0.29) is 0 Å². The first-order valence-electron chi connectivity index (χ1n) is 8.57. The van der Waals surface area contributed by atoms with Gasteiger partial charge < -0.3 is 15.2 Å². The molecule has 0 amide bonds. The second-order valence-corrected chi connectivity index (χ2v) is 7.38. The number of aliphatic hydroxyl groups excluding tert-OH is 1. The van der Waals surface area contributed by atoms with Gasteiger partial charge in [0.05, 0.1) is 6.10 Å². The number of thioether (sulfide) groups is 1. The predicted molar refractivity (Wildman–Crippen MR) is 101 cm³/mol. The van der Waals surface area contributed by atoms with Crippen molar-refractivity contribution in [2.45, 2.75) is 31.6 Å². The average molecular weight is 343 g/mol. The molecular weight excluding hydrogens is 318 g/mol. The summed E-state index contributed by atoms with van der Waals surface area (Å²) in [5, 5.41) is 13.9. The third kappa shape index (κ3) is 5.26. The van der Waals surface area contributed by atoms with Crippen molar-refractivity contribution >= 4 is 11.8 Å². The molecule has 0 spiro atoms. The summed E-state index contributed by atoms with van der Waals surface area (Å²) in [6, 6.07) is 18.4. The molecule has 24 heavy (non-hydrogen) atoms. The summed E-state index contributed by atoms with van der Waals surface area (Å²) in [6.45, 7) is 1.13. The maximum absolute atomic E-state index is 10.4. The molecule has 1 heterocycles. The Balaban J connectivity index is 1.51. The van der Waals surface area contributed by atoms with Gasteiger partial charge in [0.1, 0.15) is 12.4 Å². The highest BCUT2D eigenvalue weighted by Gasteiger charge is 2.15. The summed E-state index contributed by atoms with van der Waals surface area (Å²) in [5.41, 5.74) is 2.04. The van der Waals surface area contributed by atoms with E-state index >= 15 is 0 Å². The van der Waals surface area contributed by atoms with Gasteiger partial charge in [0, 0.05) is 12.6 Å². The number of benzene rings is 2. The van der Waals surface area contributed by atoms with Crippen LogP contribution in [-0.2, 0) is 6.61 Å². The molecule has 128 valence electrons. The van der Waals surface area contributed by atoms with E-state index in [1.165, 1.54) is 24.3 Å². The Morgan fingerprint density at radius 3 is 2.67 bits per heavy atom. The first-order valence-corrected chi connectivity index (χ1v) is 9.72. The molecule has 3 nitrogen and oxygen atoms in total. The van der Waals surface area contributed by atoms with E-state index in [2.05, 4.69) is 5.32 Å². The summed E-state index contributed by atoms with van der Waals surface area (Å²) < 4.78 is 5.84. The second kappa shape index (κ2) is 9.11. The monoisotopic (exact) mass is 343 g/mol. The Labute approximate surface area is 148 Å². The number of hydrogen-bond donors (Lipinski definition) is 2. The van der Waals surface area contributed by atoms with E-state index in [0.29, 0.717) is 19.2 Å². The Morgan fingerprint density at radius 1 is 1.08 bits per heavy atom. The normalized spacial score (nSPS) is 16.7. The van der Waals surface area contributed by atoms with Gasteiger partial charge in [-0.2, -0.15) is 11.8 Å². The van der Waals surface area contributed by atoms with E-state index in [9.17, 15) is 5.11 Å². The van der Waals surface area contributed by atoms with Gasteiger partial charge in [-0.05, 0) is 47.6 Å². The molecule has 0 bridgehead atoms. The molecule has 1 aliphatic rings. The van der Waals surface area contributed by atoms with Crippen molar-refractivity contribution in [3.05, 3.63) is 65.7 Å². The predicted octanol–water partition coefficient (Wildman–Crippen LogP) is 3.78. The molecule has 2 aromatic carbocycles. The lowest BCUT2D eigenvalue weighted by atomic mass is 10.1. The minimum Gasteiger partial charge on any atom is -0.489 e. The maximum Gasteiger partial charge on any atom is 0.120 e. The van der Waals surface area contributed by atoms with E-state index < -0.39 is 6.10 Å². The Morgan fingerprint density at radius 2 is 1.88 bits per heavy atom. The zero-order valence-corrected chi connectivity index (χ0v) is 14.7. The third-order valence-electron chi connectivity index (χ3n) is 4.31. The van der Waals surface area contributed by atoms with Crippen LogP contribution < -0.4 is 10.1 Å². The first kappa shape index (κ1) is 17.3. The highest BCUT2D eigenvalue weighted by atomic mass is 32.2. The summed E-state index contributed by atoms with van der Waals surface area (Å²) in [6.07, 6.45) is 1.88. The summed E-state index contributed by atoms with van der Waals surface area (Å²) in [5.74, 6) is 3.23. The molecule has 2 aromatic rings. The van der Waals surface area contributed by atoms with Crippen molar-refractivity contribution < 1.29 is 9.84 Å². The zero-order chi connectivity index (χ0) is 16.6. The highest BCUT2D eigenvalue weighted by Crippen LogP contribution is 2.21. The highest BCUT2D eigenvalue weighted by molar-refractivity contribution is 7.99. The number of nitrogens with one attached hydrogen (secondary N) is 1. The van der Waals surface area contributed by atoms with E-state index in [0.717, 1.165) is 16.9 Å². The topological polar surface area (TPSA) is 41.5 Å².